The van der Waals surface area contributed by atoms with Crippen molar-refractivity contribution < 1.29 is 19.1 Å². The molecular formula is C20H31N3O4S. The van der Waals surface area contributed by atoms with E-state index in [1.807, 2.05) is 13.8 Å². The third-order valence-electron chi connectivity index (χ3n) is 5.00. The van der Waals surface area contributed by atoms with Crippen LogP contribution in [0, 0.1) is 0 Å². The molecule has 0 radical (unpaired) electrons. The molecule has 0 spiro atoms. The molecule has 8 heteroatoms. The van der Waals surface area contributed by atoms with E-state index < -0.39 is 5.97 Å². The predicted molar refractivity (Wildman–Crippen MR) is 111 cm³/mol. The predicted octanol–water partition coefficient (Wildman–Crippen LogP) is 2.54. The summed E-state index contributed by atoms with van der Waals surface area (Å²) in [7, 11) is 3.10. The second-order valence-electron chi connectivity index (χ2n) is 7.05. The molecule has 0 bridgehead atoms. The summed E-state index contributed by atoms with van der Waals surface area (Å²) < 4.78 is 4.96. The number of hydrogen-bond acceptors (Lipinski definition) is 6. The summed E-state index contributed by atoms with van der Waals surface area (Å²) in [6.45, 7) is 5.43. The first kappa shape index (κ1) is 22.4. The van der Waals surface area contributed by atoms with Crippen LogP contribution in [0.1, 0.15) is 53.9 Å². The Balaban J connectivity index is 2.07. The molecule has 156 valence electrons. The molecule has 0 atom stereocenters. The molecule has 0 saturated heterocycles. The minimum Gasteiger partial charge on any atom is -0.465 e. The summed E-state index contributed by atoms with van der Waals surface area (Å²) in [5.74, 6) is -0.644. The number of likely N-dealkylation sites (N-methyl/N-ethyl adjacent to an activating group) is 2. The largest absolute Gasteiger partial charge is 0.465 e. The second kappa shape index (κ2) is 10.6. The number of nitrogens with one attached hydrogen (secondary N) is 1. The fraction of sp³-hybridized carbons (Fsp3) is 0.650. The number of carbonyl (C=O) groups is 3. The Hall–Kier alpha value is -1.93. The van der Waals surface area contributed by atoms with Crippen molar-refractivity contribution in [1.29, 1.82) is 0 Å². The minimum atomic E-state index is -0.403. The fourth-order valence-corrected chi connectivity index (χ4v) is 4.82. The third kappa shape index (κ3) is 5.54. The number of nitrogens with zero attached hydrogens (tertiary/aromatic N) is 2. The molecule has 7 nitrogen and oxygen atoms in total. The maximum atomic E-state index is 12.5. The van der Waals surface area contributed by atoms with Crippen LogP contribution in [-0.2, 0) is 27.2 Å². The Morgan fingerprint density at radius 2 is 1.75 bits per heavy atom. The molecule has 1 N–H and O–H groups in total. The van der Waals surface area contributed by atoms with Gasteiger partial charge in [-0.25, -0.2) is 4.79 Å². The molecule has 0 aliphatic heterocycles. The Morgan fingerprint density at radius 3 is 2.39 bits per heavy atom. The monoisotopic (exact) mass is 409 g/mol. The van der Waals surface area contributed by atoms with Crippen molar-refractivity contribution in [3.05, 3.63) is 16.0 Å². The summed E-state index contributed by atoms with van der Waals surface area (Å²) in [6.07, 6.45) is 5.05. The summed E-state index contributed by atoms with van der Waals surface area (Å²) in [6, 6.07) is 0. The first-order valence-corrected chi connectivity index (χ1v) is 10.7. The van der Waals surface area contributed by atoms with Crippen LogP contribution in [0.2, 0.25) is 0 Å². The van der Waals surface area contributed by atoms with Crippen LogP contribution < -0.4 is 5.32 Å². The van der Waals surface area contributed by atoms with E-state index in [0.29, 0.717) is 23.7 Å². The molecule has 1 heterocycles. The number of hydrogen-bond donors (Lipinski definition) is 1. The molecule has 1 aromatic heterocycles. The van der Waals surface area contributed by atoms with Gasteiger partial charge in [-0.1, -0.05) is 6.42 Å². The van der Waals surface area contributed by atoms with E-state index in [1.165, 1.54) is 23.3 Å². The number of thiophene rings is 1. The van der Waals surface area contributed by atoms with Crippen LogP contribution in [0.15, 0.2) is 0 Å². The van der Waals surface area contributed by atoms with E-state index in [-0.39, 0.29) is 24.9 Å². The third-order valence-corrected chi connectivity index (χ3v) is 6.21. The van der Waals surface area contributed by atoms with Gasteiger partial charge >= 0.3 is 5.97 Å². The van der Waals surface area contributed by atoms with Crippen LogP contribution in [-0.4, -0.2) is 67.9 Å². The minimum absolute atomic E-state index is 0.00149. The highest BCUT2D eigenvalue weighted by atomic mass is 32.1. The number of esters is 1. The van der Waals surface area contributed by atoms with E-state index in [9.17, 15) is 14.4 Å². The van der Waals surface area contributed by atoms with Gasteiger partial charge in [0.15, 0.2) is 0 Å². The number of fused-ring (bicyclic) bond motifs is 1. The van der Waals surface area contributed by atoms with Gasteiger partial charge in [0.2, 0.25) is 11.8 Å². The SMILES string of the molecule is CCN(CC)C(=O)CN(C)CC(=O)Nc1sc2c(c1C(=O)OC)CCCCC2. The number of carbonyl (C=O) groups excluding carboxylic acids is 3. The van der Waals surface area contributed by atoms with Gasteiger partial charge < -0.3 is 15.0 Å². The topological polar surface area (TPSA) is 79.0 Å². The van der Waals surface area contributed by atoms with Crippen LogP contribution in [0.4, 0.5) is 5.00 Å². The normalized spacial score (nSPS) is 13.6. The number of aryl methyl sites for hydroxylation is 1. The van der Waals surface area contributed by atoms with Gasteiger partial charge in [-0.05, 0) is 52.1 Å². The first-order chi connectivity index (χ1) is 13.4. The highest BCUT2D eigenvalue weighted by molar-refractivity contribution is 7.17. The Morgan fingerprint density at radius 1 is 1.07 bits per heavy atom. The lowest BCUT2D eigenvalue weighted by atomic mass is 10.1. The van der Waals surface area contributed by atoms with Gasteiger partial charge in [0.05, 0.1) is 25.8 Å². The number of anilines is 1. The molecule has 2 rings (SSSR count). The Labute approximate surface area is 171 Å². The van der Waals surface area contributed by atoms with E-state index in [0.717, 1.165) is 37.7 Å². The average molecular weight is 410 g/mol. The number of amides is 2. The zero-order valence-electron chi connectivity index (χ0n) is 17.3. The average Bonchev–Trinajstić information content (AvgIpc) is 2.82. The highest BCUT2D eigenvalue weighted by Gasteiger charge is 2.26. The molecule has 0 aromatic carbocycles. The van der Waals surface area contributed by atoms with Crippen LogP contribution in [0.5, 0.6) is 0 Å². The standard InChI is InChI=1S/C20H31N3O4S/c1-5-23(6-2)17(25)13-22(3)12-16(24)21-19-18(20(26)27-4)14-10-8-7-9-11-15(14)28-19/h5-13H2,1-4H3,(H,21,24). The summed E-state index contributed by atoms with van der Waals surface area (Å²) in [5.41, 5.74) is 1.52. The molecule has 1 aliphatic carbocycles. The zero-order valence-corrected chi connectivity index (χ0v) is 18.1. The van der Waals surface area contributed by atoms with Crippen molar-refractivity contribution in [3.63, 3.8) is 0 Å². The smallest absolute Gasteiger partial charge is 0.341 e. The maximum Gasteiger partial charge on any atom is 0.341 e. The van der Waals surface area contributed by atoms with Gasteiger partial charge in [0.1, 0.15) is 5.00 Å². The van der Waals surface area contributed by atoms with Gasteiger partial charge in [-0.3, -0.25) is 14.5 Å². The molecule has 0 saturated carbocycles. The van der Waals surface area contributed by atoms with E-state index in [1.54, 1.807) is 16.8 Å². The van der Waals surface area contributed by atoms with E-state index in [4.69, 9.17) is 4.74 Å². The maximum absolute atomic E-state index is 12.5. The molecule has 1 aliphatic rings. The van der Waals surface area contributed by atoms with Gasteiger partial charge in [0.25, 0.3) is 0 Å². The van der Waals surface area contributed by atoms with E-state index in [2.05, 4.69) is 5.32 Å². The van der Waals surface area contributed by atoms with Crippen molar-refractivity contribution in [2.75, 3.05) is 45.7 Å². The van der Waals surface area contributed by atoms with Crippen molar-refractivity contribution in [1.82, 2.24) is 9.80 Å². The van der Waals surface area contributed by atoms with Gasteiger partial charge in [-0.15, -0.1) is 11.3 Å². The summed E-state index contributed by atoms with van der Waals surface area (Å²) >= 11 is 1.47. The molecule has 28 heavy (non-hydrogen) atoms. The number of ether oxygens (including phenoxy) is 1. The molecule has 0 fully saturated rings. The lowest BCUT2D eigenvalue weighted by Crippen LogP contribution is -2.41. The lowest BCUT2D eigenvalue weighted by Gasteiger charge is -2.22. The van der Waals surface area contributed by atoms with Crippen molar-refractivity contribution in [2.45, 2.75) is 46.0 Å². The number of methoxy groups -OCH3 is 1. The first-order valence-electron chi connectivity index (χ1n) is 9.90. The van der Waals surface area contributed by atoms with Crippen molar-refractivity contribution in [3.8, 4) is 0 Å². The molecule has 1 aromatic rings. The van der Waals surface area contributed by atoms with E-state index >= 15 is 0 Å². The number of rotatable bonds is 8. The highest BCUT2D eigenvalue weighted by Crippen LogP contribution is 2.37. The van der Waals surface area contributed by atoms with Crippen LogP contribution >= 0.6 is 11.3 Å². The van der Waals surface area contributed by atoms with Crippen molar-refractivity contribution in [2.24, 2.45) is 0 Å². The molecule has 2 amide bonds. The van der Waals surface area contributed by atoms with Gasteiger partial charge in [0, 0.05) is 18.0 Å². The zero-order chi connectivity index (χ0) is 20.7. The summed E-state index contributed by atoms with van der Waals surface area (Å²) in [5, 5.41) is 3.44. The fourth-order valence-electron chi connectivity index (χ4n) is 3.52. The van der Waals surface area contributed by atoms with Crippen molar-refractivity contribution >= 4 is 34.1 Å². The Bertz CT molecular complexity index is 713. The Kier molecular flexibility index (Phi) is 8.44. The quantitative estimate of drug-likeness (QED) is 0.527. The summed E-state index contributed by atoms with van der Waals surface area (Å²) in [4.78, 5) is 41.7. The van der Waals surface area contributed by atoms with Crippen LogP contribution in [0.25, 0.3) is 0 Å². The lowest BCUT2D eigenvalue weighted by molar-refractivity contribution is -0.132. The van der Waals surface area contributed by atoms with Gasteiger partial charge in [-0.2, -0.15) is 0 Å². The molecule has 0 unspecified atom stereocenters. The second-order valence-corrected chi connectivity index (χ2v) is 8.15. The molecular weight excluding hydrogens is 378 g/mol. The van der Waals surface area contributed by atoms with Crippen LogP contribution in [0.3, 0.4) is 0 Å².